The van der Waals surface area contributed by atoms with Crippen molar-refractivity contribution in [1.82, 2.24) is 20.1 Å². The van der Waals surface area contributed by atoms with Crippen LogP contribution in [-0.4, -0.2) is 38.3 Å². The van der Waals surface area contributed by atoms with Crippen molar-refractivity contribution < 1.29 is 14.7 Å². The second-order valence-corrected chi connectivity index (χ2v) is 4.03. The number of nitrogens with one attached hydrogen (secondary N) is 1. The van der Waals surface area contributed by atoms with E-state index in [2.05, 4.69) is 15.4 Å². The van der Waals surface area contributed by atoms with Crippen molar-refractivity contribution in [1.29, 1.82) is 0 Å². The summed E-state index contributed by atoms with van der Waals surface area (Å²) in [5.74, 6) is 0.394. The molecule has 0 radical (unpaired) electrons. The first-order valence-corrected chi connectivity index (χ1v) is 5.85. The molecule has 100 valence electrons. The highest BCUT2D eigenvalue weighted by Gasteiger charge is 2.05. The molecule has 0 bridgehead atoms. The molecule has 0 spiro atoms. The third-order valence-electron chi connectivity index (χ3n) is 2.40. The highest BCUT2D eigenvalue weighted by atomic mass is 16.4. The van der Waals surface area contributed by atoms with Gasteiger partial charge in [0.2, 0.25) is 5.91 Å². The van der Waals surface area contributed by atoms with Gasteiger partial charge in [0, 0.05) is 19.5 Å². The molecule has 7 heteroatoms. The fourth-order valence-electron chi connectivity index (χ4n) is 1.54. The van der Waals surface area contributed by atoms with E-state index < -0.39 is 5.97 Å². The number of aryl methyl sites for hydroxylation is 3. The third kappa shape index (κ3) is 4.94. The highest BCUT2D eigenvalue weighted by molar-refractivity contribution is 5.80. The SMILES string of the molecule is Cc1nc(C)n(CCCNC(=O)CCC(=O)O)n1. The van der Waals surface area contributed by atoms with Crippen LogP contribution in [0.1, 0.15) is 30.9 Å². The van der Waals surface area contributed by atoms with E-state index >= 15 is 0 Å². The molecule has 0 aliphatic heterocycles. The van der Waals surface area contributed by atoms with Gasteiger partial charge < -0.3 is 10.4 Å². The Labute approximate surface area is 105 Å². The van der Waals surface area contributed by atoms with Crippen molar-refractivity contribution in [2.24, 2.45) is 0 Å². The van der Waals surface area contributed by atoms with Crippen molar-refractivity contribution in [3.63, 3.8) is 0 Å². The first-order valence-electron chi connectivity index (χ1n) is 5.85. The molecular formula is C11H18N4O3. The van der Waals surface area contributed by atoms with Crippen molar-refractivity contribution in [2.75, 3.05) is 6.54 Å². The molecule has 2 N–H and O–H groups in total. The van der Waals surface area contributed by atoms with Crippen molar-refractivity contribution in [3.05, 3.63) is 11.6 Å². The van der Waals surface area contributed by atoms with E-state index in [9.17, 15) is 9.59 Å². The Hall–Kier alpha value is -1.92. The van der Waals surface area contributed by atoms with Gasteiger partial charge in [-0.15, -0.1) is 0 Å². The van der Waals surface area contributed by atoms with Gasteiger partial charge in [0.15, 0.2) is 0 Å². The van der Waals surface area contributed by atoms with Gasteiger partial charge in [-0.25, -0.2) is 4.98 Å². The van der Waals surface area contributed by atoms with Crippen LogP contribution in [0.25, 0.3) is 0 Å². The van der Waals surface area contributed by atoms with Crippen molar-refractivity contribution in [2.45, 2.75) is 39.7 Å². The predicted octanol–water partition coefficient (Wildman–Crippen LogP) is 0.266. The Balaban J connectivity index is 2.17. The molecule has 0 aliphatic carbocycles. The monoisotopic (exact) mass is 254 g/mol. The minimum atomic E-state index is -0.959. The molecular weight excluding hydrogens is 236 g/mol. The Kier molecular flexibility index (Phi) is 5.29. The molecule has 1 amide bonds. The van der Waals surface area contributed by atoms with E-state index in [1.54, 1.807) is 4.68 Å². The van der Waals surface area contributed by atoms with Crippen LogP contribution in [0.2, 0.25) is 0 Å². The molecule has 0 aromatic carbocycles. The van der Waals surface area contributed by atoms with Gasteiger partial charge in [0.05, 0.1) is 6.42 Å². The first-order chi connectivity index (χ1) is 8.49. The molecule has 0 atom stereocenters. The highest BCUT2D eigenvalue weighted by Crippen LogP contribution is 1.97. The maximum atomic E-state index is 11.2. The lowest BCUT2D eigenvalue weighted by Gasteiger charge is -2.05. The molecule has 1 heterocycles. The fraction of sp³-hybridized carbons (Fsp3) is 0.636. The molecule has 0 saturated heterocycles. The van der Waals surface area contributed by atoms with Gasteiger partial charge >= 0.3 is 5.97 Å². The smallest absolute Gasteiger partial charge is 0.303 e. The molecule has 0 aliphatic rings. The lowest BCUT2D eigenvalue weighted by molar-refractivity contribution is -0.138. The second-order valence-electron chi connectivity index (χ2n) is 4.03. The van der Waals surface area contributed by atoms with E-state index in [0.29, 0.717) is 13.1 Å². The number of aromatic nitrogens is 3. The van der Waals surface area contributed by atoms with Crippen LogP contribution in [-0.2, 0) is 16.1 Å². The number of aliphatic carboxylic acids is 1. The van der Waals surface area contributed by atoms with Crippen LogP contribution in [0.15, 0.2) is 0 Å². The summed E-state index contributed by atoms with van der Waals surface area (Å²) in [6.45, 7) is 4.91. The van der Waals surface area contributed by atoms with Crippen LogP contribution < -0.4 is 5.32 Å². The summed E-state index contributed by atoms with van der Waals surface area (Å²) in [5, 5.41) is 15.3. The van der Waals surface area contributed by atoms with E-state index in [-0.39, 0.29) is 18.7 Å². The van der Waals surface area contributed by atoms with Gasteiger partial charge in [-0.1, -0.05) is 0 Å². The Morgan fingerprint density at radius 2 is 2.06 bits per heavy atom. The lowest BCUT2D eigenvalue weighted by Crippen LogP contribution is -2.25. The summed E-state index contributed by atoms with van der Waals surface area (Å²) < 4.78 is 1.79. The topological polar surface area (TPSA) is 97.1 Å². The van der Waals surface area contributed by atoms with E-state index in [1.165, 1.54) is 0 Å². The molecule has 18 heavy (non-hydrogen) atoms. The molecule has 7 nitrogen and oxygen atoms in total. The molecule has 1 rings (SSSR count). The molecule has 1 aromatic rings. The van der Waals surface area contributed by atoms with E-state index in [0.717, 1.165) is 18.1 Å². The lowest BCUT2D eigenvalue weighted by atomic mass is 10.3. The van der Waals surface area contributed by atoms with Gasteiger partial charge in [0.1, 0.15) is 11.6 Å². The summed E-state index contributed by atoms with van der Waals surface area (Å²) in [7, 11) is 0. The van der Waals surface area contributed by atoms with Gasteiger partial charge in [-0.3, -0.25) is 14.3 Å². The third-order valence-corrected chi connectivity index (χ3v) is 2.40. The molecule has 0 fully saturated rings. The number of carbonyl (C=O) groups is 2. The van der Waals surface area contributed by atoms with Crippen molar-refractivity contribution >= 4 is 11.9 Å². The van der Waals surface area contributed by atoms with Crippen LogP contribution in [0.4, 0.5) is 0 Å². The largest absolute Gasteiger partial charge is 0.481 e. The second kappa shape index (κ2) is 6.73. The zero-order chi connectivity index (χ0) is 13.5. The van der Waals surface area contributed by atoms with Crippen LogP contribution >= 0.6 is 0 Å². The summed E-state index contributed by atoms with van der Waals surface area (Å²) in [4.78, 5) is 25.7. The number of hydrogen-bond donors (Lipinski definition) is 2. The number of carboxylic acids is 1. The van der Waals surface area contributed by atoms with Gasteiger partial charge in [-0.05, 0) is 20.3 Å². The fourth-order valence-corrected chi connectivity index (χ4v) is 1.54. The zero-order valence-electron chi connectivity index (χ0n) is 10.6. The summed E-state index contributed by atoms with van der Waals surface area (Å²) >= 11 is 0. The van der Waals surface area contributed by atoms with Crippen molar-refractivity contribution in [3.8, 4) is 0 Å². The van der Waals surface area contributed by atoms with Crippen LogP contribution in [0.3, 0.4) is 0 Å². The first kappa shape index (κ1) is 14.1. The minimum Gasteiger partial charge on any atom is -0.481 e. The van der Waals surface area contributed by atoms with E-state index in [1.807, 2.05) is 13.8 Å². The number of rotatable bonds is 7. The maximum Gasteiger partial charge on any atom is 0.303 e. The zero-order valence-corrected chi connectivity index (χ0v) is 10.6. The number of nitrogens with zero attached hydrogens (tertiary/aromatic N) is 3. The average molecular weight is 254 g/mol. The summed E-state index contributed by atoms with van der Waals surface area (Å²) in [6.07, 6.45) is 0.631. The van der Waals surface area contributed by atoms with E-state index in [4.69, 9.17) is 5.11 Å². The number of carbonyl (C=O) groups excluding carboxylic acids is 1. The van der Waals surface area contributed by atoms with Crippen LogP contribution in [0, 0.1) is 13.8 Å². The standard InChI is InChI=1S/C11H18N4O3/c1-8-13-9(2)15(14-8)7-3-6-12-10(16)4-5-11(17)18/h3-7H2,1-2H3,(H,12,16)(H,17,18). The average Bonchev–Trinajstić information content (AvgIpc) is 2.60. The van der Waals surface area contributed by atoms with Gasteiger partial charge in [0.25, 0.3) is 0 Å². The van der Waals surface area contributed by atoms with Gasteiger partial charge in [-0.2, -0.15) is 5.10 Å². The Bertz CT molecular complexity index is 428. The number of carboxylic acid groups (broad SMARTS) is 1. The summed E-state index contributed by atoms with van der Waals surface area (Å²) in [5.41, 5.74) is 0. The molecule has 0 saturated carbocycles. The predicted molar refractivity (Wildman–Crippen MR) is 64.0 cm³/mol. The Morgan fingerprint density at radius 3 is 2.61 bits per heavy atom. The molecule has 0 unspecified atom stereocenters. The maximum absolute atomic E-state index is 11.2. The normalized spacial score (nSPS) is 10.3. The van der Waals surface area contributed by atoms with Crippen LogP contribution in [0.5, 0.6) is 0 Å². The minimum absolute atomic E-state index is 0.0246. The quantitative estimate of drug-likeness (QED) is 0.680. The number of amides is 1. The summed E-state index contributed by atoms with van der Waals surface area (Å²) in [6, 6.07) is 0. The Morgan fingerprint density at radius 1 is 1.33 bits per heavy atom. The number of hydrogen-bond acceptors (Lipinski definition) is 4. The molecule has 1 aromatic heterocycles.